The Balaban J connectivity index is 2.97. The Morgan fingerprint density at radius 3 is 2.59 bits per heavy atom. The topological polar surface area (TPSA) is 63.6 Å². The normalized spacial score (nSPS) is 11.9. The van der Waals surface area contributed by atoms with Crippen molar-refractivity contribution in [2.24, 2.45) is 5.92 Å². The van der Waals surface area contributed by atoms with Crippen LogP contribution in [0, 0.1) is 5.92 Å². The van der Waals surface area contributed by atoms with E-state index in [1.54, 1.807) is 6.07 Å². The summed E-state index contributed by atoms with van der Waals surface area (Å²) in [7, 11) is 0. The summed E-state index contributed by atoms with van der Waals surface area (Å²) in [6.07, 6.45) is 0. The monoisotopic (exact) mass is 256 g/mol. The van der Waals surface area contributed by atoms with Gasteiger partial charge in [0.2, 0.25) is 0 Å². The van der Waals surface area contributed by atoms with E-state index in [0.29, 0.717) is 17.4 Å². The Kier molecular flexibility index (Phi) is 4.52. The Labute approximate surface area is 104 Å². The maximum Gasteiger partial charge on any atom is 0.314 e. The summed E-state index contributed by atoms with van der Waals surface area (Å²) < 4.78 is 5.22. The van der Waals surface area contributed by atoms with Crippen molar-refractivity contribution in [2.45, 2.75) is 13.8 Å². The van der Waals surface area contributed by atoms with Crippen molar-refractivity contribution in [1.29, 1.82) is 0 Å². The van der Waals surface area contributed by atoms with Crippen LogP contribution in [0.1, 0.15) is 24.2 Å². The van der Waals surface area contributed by atoms with E-state index in [0.717, 1.165) is 0 Å². The highest BCUT2D eigenvalue weighted by molar-refractivity contribution is 6.32. The minimum Gasteiger partial charge on any atom is -0.492 e. The van der Waals surface area contributed by atoms with Crippen LogP contribution in [0.4, 0.5) is 0 Å². The van der Waals surface area contributed by atoms with Crippen LogP contribution in [-0.2, 0) is 4.79 Å². The summed E-state index contributed by atoms with van der Waals surface area (Å²) in [5.41, 5.74) is 0.272. The molecule has 0 bridgehead atoms. The first-order chi connectivity index (χ1) is 7.97. The molecular formula is C12H13ClO4. The summed E-state index contributed by atoms with van der Waals surface area (Å²) in [6, 6.07) is 4.50. The Hall–Kier alpha value is -1.55. The van der Waals surface area contributed by atoms with Crippen LogP contribution in [0.5, 0.6) is 5.75 Å². The summed E-state index contributed by atoms with van der Waals surface area (Å²) in [5, 5.41) is 9.04. The van der Waals surface area contributed by atoms with Gasteiger partial charge in [0.05, 0.1) is 11.6 Å². The van der Waals surface area contributed by atoms with Crippen LogP contribution in [0.25, 0.3) is 0 Å². The second-order valence-corrected chi connectivity index (χ2v) is 3.91. The molecule has 0 aliphatic heterocycles. The van der Waals surface area contributed by atoms with Crippen molar-refractivity contribution in [1.82, 2.24) is 0 Å². The van der Waals surface area contributed by atoms with Gasteiger partial charge in [-0.25, -0.2) is 0 Å². The van der Waals surface area contributed by atoms with Crippen molar-refractivity contribution in [3.05, 3.63) is 28.8 Å². The molecule has 5 heteroatoms. The van der Waals surface area contributed by atoms with E-state index in [1.807, 2.05) is 6.92 Å². The number of hydrogen-bond acceptors (Lipinski definition) is 3. The van der Waals surface area contributed by atoms with Gasteiger partial charge >= 0.3 is 5.97 Å². The quantitative estimate of drug-likeness (QED) is 0.650. The molecule has 4 nitrogen and oxygen atoms in total. The van der Waals surface area contributed by atoms with Crippen molar-refractivity contribution in [2.75, 3.05) is 6.61 Å². The second kappa shape index (κ2) is 5.68. The van der Waals surface area contributed by atoms with Gasteiger partial charge in [0.15, 0.2) is 5.78 Å². The number of halogens is 1. The average molecular weight is 257 g/mol. The summed E-state index contributed by atoms with van der Waals surface area (Å²) in [5.74, 6) is -2.22. The first-order valence-corrected chi connectivity index (χ1v) is 5.54. The van der Waals surface area contributed by atoms with Crippen LogP contribution in [0.15, 0.2) is 18.2 Å². The molecule has 1 rings (SSSR count). The smallest absolute Gasteiger partial charge is 0.314 e. The van der Waals surface area contributed by atoms with E-state index < -0.39 is 17.7 Å². The fourth-order valence-corrected chi connectivity index (χ4v) is 1.52. The molecule has 0 saturated heterocycles. The highest BCUT2D eigenvalue weighted by Crippen LogP contribution is 2.26. The highest BCUT2D eigenvalue weighted by atomic mass is 35.5. The van der Waals surface area contributed by atoms with Gasteiger partial charge in [0.25, 0.3) is 0 Å². The second-order valence-electron chi connectivity index (χ2n) is 3.50. The molecule has 1 N–H and O–H groups in total. The zero-order chi connectivity index (χ0) is 13.0. The van der Waals surface area contributed by atoms with Crippen LogP contribution >= 0.6 is 11.6 Å². The molecule has 0 aliphatic rings. The molecule has 92 valence electrons. The number of carbonyl (C=O) groups excluding carboxylic acids is 1. The van der Waals surface area contributed by atoms with Crippen LogP contribution in [-0.4, -0.2) is 23.5 Å². The van der Waals surface area contributed by atoms with Crippen LogP contribution < -0.4 is 4.74 Å². The summed E-state index contributed by atoms with van der Waals surface area (Å²) >= 11 is 5.91. The fourth-order valence-electron chi connectivity index (χ4n) is 1.29. The molecule has 0 heterocycles. The molecule has 1 unspecified atom stereocenters. The molecule has 1 atom stereocenters. The molecule has 1 aromatic carbocycles. The molecule has 0 saturated carbocycles. The van der Waals surface area contributed by atoms with E-state index in [9.17, 15) is 9.59 Å². The Morgan fingerprint density at radius 2 is 2.12 bits per heavy atom. The first-order valence-electron chi connectivity index (χ1n) is 5.16. The number of benzene rings is 1. The van der Waals surface area contributed by atoms with Crippen molar-refractivity contribution in [3.63, 3.8) is 0 Å². The van der Waals surface area contributed by atoms with Crippen molar-refractivity contribution < 1.29 is 19.4 Å². The van der Waals surface area contributed by atoms with Gasteiger partial charge in [-0.15, -0.1) is 0 Å². The summed E-state index contributed by atoms with van der Waals surface area (Å²) in [4.78, 5) is 22.4. The van der Waals surface area contributed by atoms with Crippen molar-refractivity contribution in [3.8, 4) is 5.75 Å². The number of ketones is 1. The van der Waals surface area contributed by atoms with Gasteiger partial charge in [-0.3, -0.25) is 9.59 Å². The maximum atomic E-state index is 11.7. The molecule has 0 aromatic heterocycles. The predicted molar refractivity (Wildman–Crippen MR) is 63.8 cm³/mol. The lowest BCUT2D eigenvalue weighted by Gasteiger charge is -2.09. The fraction of sp³-hybridized carbons (Fsp3) is 0.333. The number of Topliss-reactive ketones (excluding diaryl/α,β-unsaturated/α-hetero) is 1. The van der Waals surface area contributed by atoms with Gasteiger partial charge in [0, 0.05) is 5.56 Å². The van der Waals surface area contributed by atoms with Crippen molar-refractivity contribution >= 4 is 23.4 Å². The van der Waals surface area contributed by atoms with Gasteiger partial charge in [-0.1, -0.05) is 11.6 Å². The molecule has 0 radical (unpaired) electrons. The number of ether oxygens (including phenoxy) is 1. The van der Waals surface area contributed by atoms with Gasteiger partial charge < -0.3 is 9.84 Å². The minimum absolute atomic E-state index is 0.272. The predicted octanol–water partition coefficient (Wildman–Crippen LogP) is 2.64. The van der Waals surface area contributed by atoms with E-state index >= 15 is 0 Å². The third kappa shape index (κ3) is 3.20. The first kappa shape index (κ1) is 13.5. The maximum absolute atomic E-state index is 11.7. The van der Waals surface area contributed by atoms with Crippen LogP contribution in [0.3, 0.4) is 0 Å². The van der Waals surface area contributed by atoms with E-state index in [2.05, 4.69) is 0 Å². The van der Waals surface area contributed by atoms with Crippen LogP contribution in [0.2, 0.25) is 5.02 Å². The number of hydrogen-bond donors (Lipinski definition) is 1. The van der Waals surface area contributed by atoms with Gasteiger partial charge in [0.1, 0.15) is 11.7 Å². The minimum atomic E-state index is -1.15. The molecule has 0 aliphatic carbocycles. The van der Waals surface area contributed by atoms with E-state index in [1.165, 1.54) is 19.1 Å². The molecular weight excluding hydrogens is 244 g/mol. The largest absolute Gasteiger partial charge is 0.492 e. The molecule has 1 aromatic rings. The number of carboxylic acid groups (broad SMARTS) is 1. The standard InChI is InChI=1S/C12H13ClO4/c1-3-17-10-5-4-8(6-9(10)13)11(14)7(2)12(15)16/h4-7H,3H2,1-2H3,(H,15,16). The number of rotatable bonds is 5. The molecule has 0 spiro atoms. The molecule has 0 amide bonds. The number of aliphatic carboxylic acids is 1. The van der Waals surface area contributed by atoms with Gasteiger partial charge in [-0.2, -0.15) is 0 Å². The zero-order valence-corrected chi connectivity index (χ0v) is 10.3. The van der Waals surface area contributed by atoms with E-state index in [-0.39, 0.29) is 5.56 Å². The average Bonchev–Trinajstić information content (AvgIpc) is 2.30. The lowest BCUT2D eigenvalue weighted by Crippen LogP contribution is -2.20. The third-order valence-corrected chi connectivity index (χ3v) is 2.58. The number of carboxylic acids is 1. The number of carbonyl (C=O) groups is 2. The highest BCUT2D eigenvalue weighted by Gasteiger charge is 2.22. The lowest BCUT2D eigenvalue weighted by atomic mass is 9.99. The molecule has 0 fully saturated rings. The van der Waals surface area contributed by atoms with E-state index in [4.69, 9.17) is 21.4 Å². The zero-order valence-electron chi connectivity index (χ0n) is 9.57. The Morgan fingerprint density at radius 1 is 1.47 bits per heavy atom. The lowest BCUT2D eigenvalue weighted by molar-refractivity contribution is -0.139. The Bertz CT molecular complexity index is 442. The van der Waals surface area contributed by atoms with Gasteiger partial charge in [-0.05, 0) is 32.0 Å². The summed E-state index contributed by atoms with van der Waals surface area (Å²) in [6.45, 7) is 3.63. The SMILES string of the molecule is CCOc1ccc(C(=O)C(C)C(=O)O)cc1Cl. The molecule has 17 heavy (non-hydrogen) atoms. The third-order valence-electron chi connectivity index (χ3n) is 2.28.